The Balaban J connectivity index is 1.67. The van der Waals surface area contributed by atoms with Gasteiger partial charge in [-0.05, 0) is 31.6 Å². The van der Waals surface area contributed by atoms with Crippen LogP contribution in [-0.4, -0.2) is 33.8 Å². The maximum Gasteiger partial charge on any atom is 0.308 e. The van der Waals surface area contributed by atoms with Crippen LogP contribution in [0.5, 0.6) is 0 Å². The molecule has 19 heavy (non-hydrogen) atoms. The van der Waals surface area contributed by atoms with Crippen LogP contribution in [0.25, 0.3) is 0 Å². The molecule has 0 amide bonds. The van der Waals surface area contributed by atoms with Crippen molar-refractivity contribution in [1.82, 2.24) is 9.55 Å². The van der Waals surface area contributed by atoms with Crippen molar-refractivity contribution in [2.75, 3.05) is 13.2 Å². The Bertz CT molecular complexity index is 463. The predicted molar refractivity (Wildman–Crippen MR) is 68.9 cm³/mol. The molecular weight excluding hydrogens is 244 g/mol. The first kappa shape index (κ1) is 12.7. The molecule has 0 aliphatic carbocycles. The number of aliphatic carboxylic acids is 1. The van der Waals surface area contributed by atoms with Crippen LogP contribution in [0.3, 0.4) is 0 Å². The van der Waals surface area contributed by atoms with Gasteiger partial charge in [0, 0.05) is 32.4 Å². The molecule has 1 unspecified atom stereocenters. The molecule has 1 aromatic rings. The lowest BCUT2D eigenvalue weighted by Gasteiger charge is -2.20. The molecule has 3 rings (SSSR count). The number of fused-ring (bicyclic) bond motifs is 1. The minimum Gasteiger partial charge on any atom is -0.481 e. The molecule has 1 atom stereocenters. The molecule has 0 radical (unpaired) electrons. The molecule has 2 aliphatic rings. The number of rotatable bonds is 3. The van der Waals surface area contributed by atoms with E-state index in [9.17, 15) is 4.79 Å². The third kappa shape index (κ3) is 2.81. The Morgan fingerprint density at radius 3 is 2.95 bits per heavy atom. The lowest BCUT2D eigenvalue weighted by molar-refractivity contribution is -0.142. The monoisotopic (exact) mass is 264 g/mol. The van der Waals surface area contributed by atoms with Gasteiger partial charge in [0.15, 0.2) is 0 Å². The number of hydrogen-bond donors (Lipinski definition) is 1. The van der Waals surface area contributed by atoms with E-state index < -0.39 is 5.97 Å². The van der Waals surface area contributed by atoms with E-state index in [1.165, 1.54) is 0 Å². The summed E-state index contributed by atoms with van der Waals surface area (Å²) in [6, 6.07) is 0. The molecule has 5 nitrogen and oxygen atoms in total. The van der Waals surface area contributed by atoms with Gasteiger partial charge in [-0.3, -0.25) is 4.79 Å². The van der Waals surface area contributed by atoms with E-state index in [-0.39, 0.29) is 5.92 Å². The number of carboxylic acids is 1. The summed E-state index contributed by atoms with van der Waals surface area (Å²) >= 11 is 0. The summed E-state index contributed by atoms with van der Waals surface area (Å²) in [5, 5.41) is 9.08. The number of ether oxygens (including phenoxy) is 1. The summed E-state index contributed by atoms with van der Waals surface area (Å²) in [7, 11) is 0. The van der Waals surface area contributed by atoms with Crippen LogP contribution in [-0.2, 0) is 28.9 Å². The zero-order valence-corrected chi connectivity index (χ0v) is 11.0. The summed E-state index contributed by atoms with van der Waals surface area (Å²) in [5.74, 6) is 0.781. The van der Waals surface area contributed by atoms with Gasteiger partial charge in [-0.25, -0.2) is 4.98 Å². The molecule has 5 heteroatoms. The van der Waals surface area contributed by atoms with E-state index in [0.29, 0.717) is 18.9 Å². The van der Waals surface area contributed by atoms with Crippen LogP contribution in [0.15, 0.2) is 6.20 Å². The number of imidazole rings is 1. The van der Waals surface area contributed by atoms with E-state index in [2.05, 4.69) is 11.2 Å². The average Bonchev–Trinajstić information content (AvgIpc) is 2.80. The predicted octanol–water partition coefficient (Wildman–Crippen LogP) is 1.50. The number of nitrogens with zero attached hydrogens (tertiary/aromatic N) is 2. The van der Waals surface area contributed by atoms with Crippen LogP contribution in [0.1, 0.15) is 30.8 Å². The van der Waals surface area contributed by atoms with Gasteiger partial charge in [0.05, 0.1) is 11.6 Å². The Kier molecular flexibility index (Phi) is 3.55. The van der Waals surface area contributed by atoms with Gasteiger partial charge in [-0.15, -0.1) is 0 Å². The van der Waals surface area contributed by atoms with E-state index in [4.69, 9.17) is 9.84 Å². The van der Waals surface area contributed by atoms with Crippen molar-refractivity contribution >= 4 is 5.97 Å². The fraction of sp³-hybridized carbons (Fsp3) is 0.714. The van der Waals surface area contributed by atoms with Crippen molar-refractivity contribution in [2.45, 2.75) is 38.6 Å². The van der Waals surface area contributed by atoms with Crippen molar-refractivity contribution < 1.29 is 14.6 Å². The number of aromatic nitrogens is 2. The van der Waals surface area contributed by atoms with Gasteiger partial charge in [0.25, 0.3) is 0 Å². The van der Waals surface area contributed by atoms with Gasteiger partial charge in [0.2, 0.25) is 0 Å². The summed E-state index contributed by atoms with van der Waals surface area (Å²) < 4.78 is 7.41. The second-order valence-corrected chi connectivity index (χ2v) is 5.63. The second-order valence-electron chi connectivity index (χ2n) is 5.63. The summed E-state index contributed by atoms with van der Waals surface area (Å²) in [6.07, 6.45) is 6.77. The highest BCUT2D eigenvalue weighted by molar-refractivity contribution is 5.70. The third-order valence-corrected chi connectivity index (χ3v) is 4.23. The Hall–Kier alpha value is -1.36. The SMILES string of the molecule is O=C(O)C1CCc2nc(CC3CCOCC3)cn2C1. The van der Waals surface area contributed by atoms with Crippen molar-refractivity contribution in [3.63, 3.8) is 0 Å². The first-order valence-electron chi connectivity index (χ1n) is 7.08. The van der Waals surface area contributed by atoms with Crippen LogP contribution >= 0.6 is 0 Å². The molecule has 1 N–H and O–H groups in total. The van der Waals surface area contributed by atoms with E-state index >= 15 is 0 Å². The Labute approximate surface area is 112 Å². The summed E-state index contributed by atoms with van der Waals surface area (Å²) in [4.78, 5) is 15.7. The largest absolute Gasteiger partial charge is 0.481 e. The number of carbonyl (C=O) groups is 1. The van der Waals surface area contributed by atoms with E-state index in [1.54, 1.807) is 0 Å². The highest BCUT2D eigenvalue weighted by Crippen LogP contribution is 2.23. The van der Waals surface area contributed by atoms with Crippen LogP contribution < -0.4 is 0 Å². The quantitative estimate of drug-likeness (QED) is 0.898. The highest BCUT2D eigenvalue weighted by Gasteiger charge is 2.26. The molecule has 2 aliphatic heterocycles. The zero-order valence-electron chi connectivity index (χ0n) is 11.0. The summed E-state index contributed by atoms with van der Waals surface area (Å²) in [6.45, 7) is 2.30. The maximum atomic E-state index is 11.0. The van der Waals surface area contributed by atoms with E-state index in [1.807, 2.05) is 4.57 Å². The molecule has 3 heterocycles. The molecule has 0 bridgehead atoms. The van der Waals surface area contributed by atoms with Crippen LogP contribution in [0.4, 0.5) is 0 Å². The van der Waals surface area contributed by atoms with Gasteiger partial charge in [-0.1, -0.05) is 0 Å². The molecule has 1 aromatic heterocycles. The first-order chi connectivity index (χ1) is 9.22. The van der Waals surface area contributed by atoms with Crippen molar-refractivity contribution in [3.05, 3.63) is 17.7 Å². The van der Waals surface area contributed by atoms with Crippen molar-refractivity contribution in [1.29, 1.82) is 0 Å². The molecule has 1 saturated heterocycles. The molecule has 0 spiro atoms. The highest BCUT2D eigenvalue weighted by atomic mass is 16.5. The molecule has 1 fully saturated rings. The average molecular weight is 264 g/mol. The molecule has 104 valence electrons. The third-order valence-electron chi connectivity index (χ3n) is 4.23. The van der Waals surface area contributed by atoms with Crippen LogP contribution in [0.2, 0.25) is 0 Å². The van der Waals surface area contributed by atoms with E-state index in [0.717, 1.165) is 50.4 Å². The Morgan fingerprint density at radius 1 is 1.42 bits per heavy atom. The fourth-order valence-electron chi connectivity index (χ4n) is 3.05. The van der Waals surface area contributed by atoms with Gasteiger partial charge in [0.1, 0.15) is 5.82 Å². The van der Waals surface area contributed by atoms with Gasteiger partial charge >= 0.3 is 5.97 Å². The minimum absolute atomic E-state index is 0.252. The van der Waals surface area contributed by atoms with Gasteiger partial charge < -0.3 is 14.4 Å². The first-order valence-corrected chi connectivity index (χ1v) is 7.08. The molecule has 0 aromatic carbocycles. The van der Waals surface area contributed by atoms with Crippen LogP contribution in [0, 0.1) is 11.8 Å². The Morgan fingerprint density at radius 2 is 2.21 bits per heavy atom. The number of aryl methyl sites for hydroxylation is 1. The topological polar surface area (TPSA) is 64.3 Å². The number of carboxylic acid groups (broad SMARTS) is 1. The molecule has 0 saturated carbocycles. The number of hydrogen-bond acceptors (Lipinski definition) is 3. The lowest BCUT2D eigenvalue weighted by atomic mass is 9.95. The smallest absolute Gasteiger partial charge is 0.308 e. The summed E-state index contributed by atoms with van der Waals surface area (Å²) in [5.41, 5.74) is 1.12. The standard InChI is InChI=1S/C14H20N2O3/c17-14(18)11-1-2-13-15-12(9-16(13)8-11)7-10-3-5-19-6-4-10/h9-11H,1-8H2,(H,17,18). The fourth-order valence-corrected chi connectivity index (χ4v) is 3.05. The molecular formula is C14H20N2O3. The van der Waals surface area contributed by atoms with Crippen molar-refractivity contribution in [2.24, 2.45) is 11.8 Å². The second kappa shape index (κ2) is 5.33. The minimum atomic E-state index is -0.690. The lowest BCUT2D eigenvalue weighted by Crippen LogP contribution is -2.26. The van der Waals surface area contributed by atoms with Crippen molar-refractivity contribution in [3.8, 4) is 0 Å². The normalized spacial score (nSPS) is 24.1. The van der Waals surface area contributed by atoms with Gasteiger partial charge in [-0.2, -0.15) is 0 Å². The zero-order chi connectivity index (χ0) is 13.2. The maximum absolute atomic E-state index is 11.0.